The Labute approximate surface area is 134 Å². The highest BCUT2D eigenvalue weighted by atomic mass is 15.3. The molecule has 4 nitrogen and oxygen atoms in total. The number of hydrogen-bond donors (Lipinski definition) is 0. The van der Waals surface area contributed by atoms with Crippen LogP contribution in [0.4, 0.5) is 0 Å². The van der Waals surface area contributed by atoms with Crippen molar-refractivity contribution in [1.29, 1.82) is 0 Å². The van der Waals surface area contributed by atoms with Gasteiger partial charge in [-0.2, -0.15) is 5.10 Å². The van der Waals surface area contributed by atoms with Gasteiger partial charge in [-0.1, -0.05) is 42.5 Å². The van der Waals surface area contributed by atoms with E-state index in [1.165, 1.54) is 0 Å². The molecule has 4 aromatic rings. The molecule has 23 heavy (non-hydrogen) atoms. The summed E-state index contributed by atoms with van der Waals surface area (Å²) < 4.78 is 1.79. The third kappa shape index (κ3) is 2.74. The van der Waals surface area contributed by atoms with E-state index < -0.39 is 0 Å². The summed E-state index contributed by atoms with van der Waals surface area (Å²) in [6.45, 7) is 0. The lowest BCUT2D eigenvalue weighted by molar-refractivity contribution is 0.851. The molecule has 0 saturated heterocycles. The zero-order valence-electron chi connectivity index (χ0n) is 12.4. The SMILES string of the molecule is c1ccc(-c2ccn(-c3cccc(-c4ccccn4)n3)n2)cc1. The second-order valence-corrected chi connectivity index (χ2v) is 5.11. The van der Waals surface area contributed by atoms with Crippen molar-refractivity contribution in [1.82, 2.24) is 19.7 Å². The summed E-state index contributed by atoms with van der Waals surface area (Å²) in [5, 5.41) is 4.62. The molecule has 1 aromatic carbocycles. The first-order chi connectivity index (χ1) is 11.4. The molecule has 0 aliphatic rings. The molecule has 0 saturated carbocycles. The van der Waals surface area contributed by atoms with Gasteiger partial charge in [-0.05, 0) is 30.3 Å². The molecular weight excluding hydrogens is 284 g/mol. The molecule has 0 aliphatic heterocycles. The zero-order chi connectivity index (χ0) is 15.5. The Morgan fingerprint density at radius 1 is 0.652 bits per heavy atom. The Morgan fingerprint density at radius 3 is 2.30 bits per heavy atom. The van der Waals surface area contributed by atoms with E-state index in [1.807, 2.05) is 79.0 Å². The number of rotatable bonds is 3. The Bertz CT molecular complexity index is 914. The van der Waals surface area contributed by atoms with Crippen LogP contribution in [0.25, 0.3) is 28.5 Å². The average Bonchev–Trinajstić information content (AvgIpc) is 3.14. The van der Waals surface area contributed by atoms with Crippen LogP contribution in [0, 0.1) is 0 Å². The quantitative estimate of drug-likeness (QED) is 0.574. The lowest BCUT2D eigenvalue weighted by Crippen LogP contribution is -1.99. The molecule has 3 aromatic heterocycles. The van der Waals surface area contributed by atoms with Crippen molar-refractivity contribution in [2.45, 2.75) is 0 Å². The van der Waals surface area contributed by atoms with Crippen LogP contribution in [0.5, 0.6) is 0 Å². The molecular formula is C19H14N4. The van der Waals surface area contributed by atoms with E-state index in [2.05, 4.69) is 15.1 Å². The molecule has 0 bridgehead atoms. The predicted octanol–water partition coefficient (Wildman–Crippen LogP) is 4.00. The maximum atomic E-state index is 4.66. The molecule has 0 spiro atoms. The standard InChI is InChI=1S/C19H14N4/c1-2-7-15(8-3-1)16-12-14-23(22-16)19-11-6-10-18(21-19)17-9-4-5-13-20-17/h1-14H. The van der Waals surface area contributed by atoms with Crippen molar-refractivity contribution in [3.63, 3.8) is 0 Å². The Morgan fingerprint density at radius 2 is 1.48 bits per heavy atom. The molecule has 0 radical (unpaired) electrons. The van der Waals surface area contributed by atoms with Crippen LogP contribution in [0.15, 0.2) is 85.2 Å². The molecule has 110 valence electrons. The summed E-state index contributed by atoms with van der Waals surface area (Å²) >= 11 is 0. The van der Waals surface area contributed by atoms with Crippen LogP contribution in [0.2, 0.25) is 0 Å². The summed E-state index contributed by atoms with van der Waals surface area (Å²) in [7, 11) is 0. The first-order valence-corrected chi connectivity index (χ1v) is 7.40. The minimum atomic E-state index is 0.773. The van der Waals surface area contributed by atoms with Gasteiger partial charge in [-0.3, -0.25) is 4.98 Å². The van der Waals surface area contributed by atoms with E-state index in [1.54, 1.807) is 10.9 Å². The summed E-state index contributed by atoms with van der Waals surface area (Å²) in [5.74, 6) is 0.773. The average molecular weight is 298 g/mol. The minimum Gasteiger partial charge on any atom is -0.255 e. The van der Waals surface area contributed by atoms with E-state index in [9.17, 15) is 0 Å². The van der Waals surface area contributed by atoms with Gasteiger partial charge in [-0.25, -0.2) is 9.67 Å². The zero-order valence-corrected chi connectivity index (χ0v) is 12.4. The largest absolute Gasteiger partial charge is 0.255 e. The van der Waals surface area contributed by atoms with Crippen molar-refractivity contribution in [2.75, 3.05) is 0 Å². The second kappa shape index (κ2) is 5.85. The van der Waals surface area contributed by atoms with E-state index in [0.717, 1.165) is 28.5 Å². The maximum absolute atomic E-state index is 4.66. The molecule has 3 heterocycles. The highest BCUT2D eigenvalue weighted by molar-refractivity contribution is 5.59. The van der Waals surface area contributed by atoms with Crippen LogP contribution < -0.4 is 0 Å². The van der Waals surface area contributed by atoms with Crippen molar-refractivity contribution in [3.8, 4) is 28.5 Å². The van der Waals surface area contributed by atoms with Gasteiger partial charge in [0, 0.05) is 18.0 Å². The van der Waals surface area contributed by atoms with E-state index in [4.69, 9.17) is 0 Å². The molecule has 0 atom stereocenters. The summed E-state index contributed by atoms with van der Waals surface area (Å²) in [4.78, 5) is 9.00. The number of aromatic nitrogens is 4. The number of pyridine rings is 2. The smallest absolute Gasteiger partial charge is 0.154 e. The van der Waals surface area contributed by atoms with E-state index in [0.29, 0.717) is 0 Å². The highest BCUT2D eigenvalue weighted by Crippen LogP contribution is 2.19. The van der Waals surface area contributed by atoms with Crippen LogP contribution >= 0.6 is 0 Å². The van der Waals surface area contributed by atoms with Gasteiger partial charge in [0.1, 0.15) is 0 Å². The molecule has 0 N–H and O–H groups in total. The summed E-state index contributed by atoms with van der Waals surface area (Å²) in [5.41, 5.74) is 3.70. The van der Waals surface area contributed by atoms with Gasteiger partial charge in [0.05, 0.1) is 17.1 Å². The summed E-state index contributed by atoms with van der Waals surface area (Å²) in [6, 6.07) is 23.8. The van der Waals surface area contributed by atoms with Crippen LogP contribution in [0.3, 0.4) is 0 Å². The van der Waals surface area contributed by atoms with Gasteiger partial charge >= 0.3 is 0 Å². The van der Waals surface area contributed by atoms with Gasteiger partial charge in [0.25, 0.3) is 0 Å². The van der Waals surface area contributed by atoms with Gasteiger partial charge in [0.15, 0.2) is 5.82 Å². The van der Waals surface area contributed by atoms with Crippen LogP contribution in [-0.4, -0.2) is 19.7 Å². The normalized spacial score (nSPS) is 10.6. The van der Waals surface area contributed by atoms with Gasteiger partial charge in [0.2, 0.25) is 0 Å². The van der Waals surface area contributed by atoms with E-state index in [-0.39, 0.29) is 0 Å². The van der Waals surface area contributed by atoms with E-state index >= 15 is 0 Å². The van der Waals surface area contributed by atoms with Gasteiger partial charge < -0.3 is 0 Å². The van der Waals surface area contributed by atoms with Crippen molar-refractivity contribution < 1.29 is 0 Å². The van der Waals surface area contributed by atoms with Gasteiger partial charge in [-0.15, -0.1) is 0 Å². The van der Waals surface area contributed by atoms with Crippen molar-refractivity contribution >= 4 is 0 Å². The fraction of sp³-hybridized carbons (Fsp3) is 0. The highest BCUT2D eigenvalue weighted by Gasteiger charge is 2.06. The Kier molecular flexibility index (Phi) is 3.41. The molecule has 4 heteroatoms. The number of nitrogens with zero attached hydrogens (tertiary/aromatic N) is 4. The van der Waals surface area contributed by atoms with Crippen molar-refractivity contribution in [2.24, 2.45) is 0 Å². The predicted molar refractivity (Wildman–Crippen MR) is 90.0 cm³/mol. The molecule has 0 amide bonds. The summed E-state index contributed by atoms with van der Waals surface area (Å²) in [6.07, 6.45) is 3.69. The fourth-order valence-electron chi connectivity index (χ4n) is 2.42. The Hall–Kier alpha value is -3.27. The molecule has 0 aliphatic carbocycles. The lowest BCUT2D eigenvalue weighted by Gasteiger charge is -2.04. The molecule has 0 fully saturated rings. The Balaban J connectivity index is 1.71. The monoisotopic (exact) mass is 298 g/mol. The first-order valence-electron chi connectivity index (χ1n) is 7.40. The number of benzene rings is 1. The van der Waals surface area contributed by atoms with Crippen molar-refractivity contribution in [3.05, 3.63) is 85.2 Å². The minimum absolute atomic E-state index is 0.773. The molecule has 4 rings (SSSR count). The third-order valence-corrected chi connectivity index (χ3v) is 3.56. The third-order valence-electron chi connectivity index (χ3n) is 3.56. The lowest BCUT2D eigenvalue weighted by atomic mass is 10.2. The van der Waals surface area contributed by atoms with Crippen LogP contribution in [0.1, 0.15) is 0 Å². The maximum Gasteiger partial charge on any atom is 0.154 e. The molecule has 0 unspecified atom stereocenters. The first kappa shape index (κ1) is 13.4. The second-order valence-electron chi connectivity index (χ2n) is 5.11. The van der Waals surface area contributed by atoms with Crippen LogP contribution in [-0.2, 0) is 0 Å². The topological polar surface area (TPSA) is 43.6 Å². The fourth-order valence-corrected chi connectivity index (χ4v) is 2.42. The number of hydrogen-bond acceptors (Lipinski definition) is 3.